The highest BCUT2D eigenvalue weighted by Crippen LogP contribution is 2.32. The van der Waals surface area contributed by atoms with Gasteiger partial charge in [-0.3, -0.25) is 4.79 Å². The molecule has 0 bridgehead atoms. The summed E-state index contributed by atoms with van der Waals surface area (Å²) in [5.41, 5.74) is 11.8. The maximum absolute atomic E-state index is 13.5. The quantitative estimate of drug-likeness (QED) is 0.175. The molecular formula is C24H26N4O6S. The van der Waals surface area contributed by atoms with Crippen molar-refractivity contribution in [2.45, 2.75) is 30.3 Å². The Morgan fingerprint density at radius 1 is 1.03 bits per heavy atom. The molecule has 11 heteroatoms. The molecule has 0 aromatic heterocycles. The zero-order valence-corrected chi connectivity index (χ0v) is 19.6. The number of ether oxygens (including phenoxy) is 1. The predicted octanol–water partition coefficient (Wildman–Crippen LogP) is 2.01. The molecule has 3 aromatic rings. The van der Waals surface area contributed by atoms with Crippen LogP contribution in [-0.4, -0.2) is 49.0 Å². The molecule has 0 amide bonds. The van der Waals surface area contributed by atoms with Crippen LogP contribution in [0.1, 0.15) is 17.5 Å². The number of carbonyl (C=O) groups is 1. The van der Waals surface area contributed by atoms with Gasteiger partial charge < -0.3 is 26.1 Å². The van der Waals surface area contributed by atoms with Gasteiger partial charge in [0, 0.05) is 19.4 Å². The van der Waals surface area contributed by atoms with Crippen LogP contribution in [0.15, 0.2) is 70.7 Å². The Balaban J connectivity index is 1.54. The maximum atomic E-state index is 13.5. The second-order valence-electron chi connectivity index (χ2n) is 8.10. The summed E-state index contributed by atoms with van der Waals surface area (Å²) < 4.78 is 33.9. The fourth-order valence-electron chi connectivity index (χ4n) is 3.99. The van der Waals surface area contributed by atoms with Gasteiger partial charge in [-0.25, -0.2) is 8.42 Å². The number of sulfonamides is 1. The highest BCUT2D eigenvalue weighted by Gasteiger charge is 2.39. The number of aliphatic carboxylic acids is 1. The molecule has 3 aromatic carbocycles. The van der Waals surface area contributed by atoms with E-state index in [0.717, 1.165) is 20.6 Å². The SMILES string of the molecule is NC(N)=NOCCCOc1ccc2c(c1)CN(S(=O)(=O)c1ccc3ccccc3c1)C(C(=O)O)C2. The summed E-state index contributed by atoms with van der Waals surface area (Å²) in [5, 5.41) is 14.9. The highest BCUT2D eigenvalue weighted by atomic mass is 32.2. The van der Waals surface area contributed by atoms with Crippen molar-refractivity contribution in [1.82, 2.24) is 4.31 Å². The standard InChI is InChI=1S/C24H26N4O6S/c25-24(26)27-34-11-3-10-33-20-8-6-18-14-22(23(29)30)28(15-19(18)12-20)35(31,32)21-9-7-16-4-1-2-5-17(16)13-21/h1-2,4-9,12-13,22H,3,10-11,14-15H2,(H,29,30)(H4,25,26,27). The molecule has 0 fully saturated rings. The number of hydrogen-bond acceptors (Lipinski definition) is 6. The average molecular weight is 499 g/mol. The minimum Gasteiger partial charge on any atom is -0.493 e. The van der Waals surface area contributed by atoms with Crippen LogP contribution in [0.25, 0.3) is 10.8 Å². The van der Waals surface area contributed by atoms with Crippen LogP contribution < -0.4 is 16.2 Å². The Kier molecular flexibility index (Phi) is 7.08. The van der Waals surface area contributed by atoms with Crippen molar-refractivity contribution in [3.8, 4) is 5.75 Å². The van der Waals surface area contributed by atoms with Crippen LogP contribution in [0.3, 0.4) is 0 Å². The van der Waals surface area contributed by atoms with Gasteiger partial charge in [0.1, 0.15) is 18.4 Å². The number of oxime groups is 1. The first-order valence-electron chi connectivity index (χ1n) is 10.9. The largest absolute Gasteiger partial charge is 0.493 e. The Hall–Kier alpha value is -3.83. The molecule has 1 aliphatic rings. The number of fused-ring (bicyclic) bond motifs is 2. The summed E-state index contributed by atoms with van der Waals surface area (Å²) in [6.07, 6.45) is 0.585. The van der Waals surface area contributed by atoms with Gasteiger partial charge in [0.15, 0.2) is 0 Å². The third-order valence-corrected chi connectivity index (χ3v) is 7.55. The minimum absolute atomic E-state index is 0.0547. The molecule has 0 spiro atoms. The lowest BCUT2D eigenvalue weighted by molar-refractivity contribution is -0.141. The lowest BCUT2D eigenvalue weighted by Crippen LogP contribution is -2.48. The van der Waals surface area contributed by atoms with Crippen molar-refractivity contribution >= 4 is 32.7 Å². The van der Waals surface area contributed by atoms with Gasteiger partial charge in [0.25, 0.3) is 0 Å². The zero-order chi connectivity index (χ0) is 25.0. The van der Waals surface area contributed by atoms with Crippen molar-refractivity contribution in [2.24, 2.45) is 16.6 Å². The molecule has 0 saturated carbocycles. The Morgan fingerprint density at radius 2 is 1.80 bits per heavy atom. The number of rotatable bonds is 9. The van der Waals surface area contributed by atoms with E-state index in [-0.39, 0.29) is 30.4 Å². The van der Waals surface area contributed by atoms with Crippen LogP contribution in [-0.2, 0) is 32.6 Å². The van der Waals surface area contributed by atoms with E-state index in [9.17, 15) is 18.3 Å². The number of nitrogens with two attached hydrogens (primary N) is 2. The van der Waals surface area contributed by atoms with Crippen LogP contribution in [0.5, 0.6) is 5.75 Å². The van der Waals surface area contributed by atoms with Crippen LogP contribution >= 0.6 is 0 Å². The molecule has 0 saturated heterocycles. The monoisotopic (exact) mass is 498 g/mol. The second kappa shape index (κ2) is 10.2. The molecule has 1 heterocycles. The molecule has 1 unspecified atom stereocenters. The van der Waals surface area contributed by atoms with E-state index in [4.69, 9.17) is 21.0 Å². The lowest BCUT2D eigenvalue weighted by atomic mass is 9.95. The number of carboxylic acids is 1. The zero-order valence-electron chi connectivity index (χ0n) is 18.8. The van der Waals surface area contributed by atoms with E-state index in [1.807, 2.05) is 24.3 Å². The van der Waals surface area contributed by atoms with Crippen molar-refractivity contribution in [3.63, 3.8) is 0 Å². The van der Waals surface area contributed by atoms with Gasteiger partial charge in [0.05, 0.1) is 11.5 Å². The van der Waals surface area contributed by atoms with Gasteiger partial charge in [-0.15, -0.1) is 0 Å². The summed E-state index contributed by atoms with van der Waals surface area (Å²) >= 11 is 0. The van der Waals surface area contributed by atoms with E-state index in [0.29, 0.717) is 24.3 Å². The summed E-state index contributed by atoms with van der Waals surface area (Å²) in [7, 11) is -4.08. The first kappa shape index (κ1) is 24.3. The van der Waals surface area contributed by atoms with Gasteiger partial charge in [-0.1, -0.05) is 36.4 Å². The minimum atomic E-state index is -4.08. The second-order valence-corrected chi connectivity index (χ2v) is 9.99. The van der Waals surface area contributed by atoms with Gasteiger partial charge in [-0.05, 0) is 51.3 Å². The van der Waals surface area contributed by atoms with E-state index >= 15 is 0 Å². The Morgan fingerprint density at radius 3 is 2.54 bits per heavy atom. The first-order valence-corrected chi connectivity index (χ1v) is 12.4. The highest BCUT2D eigenvalue weighted by molar-refractivity contribution is 7.89. The van der Waals surface area contributed by atoms with E-state index in [2.05, 4.69) is 5.16 Å². The number of nitrogens with zero attached hydrogens (tertiary/aromatic N) is 2. The molecule has 10 nitrogen and oxygen atoms in total. The smallest absolute Gasteiger partial charge is 0.322 e. The maximum Gasteiger partial charge on any atom is 0.322 e. The topological polar surface area (TPSA) is 158 Å². The number of benzene rings is 3. The number of hydrogen-bond donors (Lipinski definition) is 3. The van der Waals surface area contributed by atoms with Crippen LogP contribution in [0.2, 0.25) is 0 Å². The summed E-state index contributed by atoms with van der Waals surface area (Å²) in [6, 6.07) is 16.2. The summed E-state index contributed by atoms with van der Waals surface area (Å²) in [6.45, 7) is 0.517. The molecule has 1 aliphatic heterocycles. The molecular weight excluding hydrogens is 472 g/mol. The normalized spacial score (nSPS) is 15.8. The molecule has 4 rings (SSSR count). The average Bonchev–Trinajstić information content (AvgIpc) is 2.84. The van der Waals surface area contributed by atoms with E-state index in [1.54, 1.807) is 30.3 Å². The predicted molar refractivity (Wildman–Crippen MR) is 130 cm³/mol. The molecule has 1 atom stereocenters. The molecule has 0 aliphatic carbocycles. The number of guanidine groups is 1. The fraction of sp³-hybridized carbons (Fsp3) is 0.250. The van der Waals surface area contributed by atoms with Gasteiger partial charge >= 0.3 is 5.97 Å². The van der Waals surface area contributed by atoms with E-state index < -0.39 is 22.0 Å². The third kappa shape index (κ3) is 5.47. The van der Waals surface area contributed by atoms with Crippen molar-refractivity contribution in [1.29, 1.82) is 0 Å². The van der Waals surface area contributed by atoms with Crippen molar-refractivity contribution in [2.75, 3.05) is 13.2 Å². The van der Waals surface area contributed by atoms with Crippen LogP contribution in [0.4, 0.5) is 0 Å². The van der Waals surface area contributed by atoms with Crippen LogP contribution in [0, 0.1) is 0 Å². The first-order chi connectivity index (χ1) is 16.8. The molecule has 0 radical (unpaired) electrons. The molecule has 35 heavy (non-hydrogen) atoms. The summed E-state index contributed by atoms with van der Waals surface area (Å²) in [4.78, 5) is 17.0. The van der Waals surface area contributed by atoms with Gasteiger partial charge in [0.2, 0.25) is 16.0 Å². The number of carboxylic acid groups (broad SMARTS) is 1. The third-order valence-electron chi connectivity index (χ3n) is 5.70. The summed E-state index contributed by atoms with van der Waals surface area (Å²) in [5.74, 6) is -0.813. The van der Waals surface area contributed by atoms with E-state index in [1.165, 1.54) is 6.07 Å². The fourth-order valence-corrected chi connectivity index (χ4v) is 5.58. The van der Waals surface area contributed by atoms with Crippen molar-refractivity contribution in [3.05, 3.63) is 71.8 Å². The van der Waals surface area contributed by atoms with Crippen molar-refractivity contribution < 1.29 is 27.9 Å². The molecule has 184 valence electrons. The Bertz CT molecular complexity index is 1370. The van der Waals surface area contributed by atoms with Gasteiger partial charge in [-0.2, -0.15) is 4.31 Å². The Labute approximate surface area is 202 Å². The lowest BCUT2D eigenvalue weighted by Gasteiger charge is -2.33. The molecule has 5 N–H and O–H groups in total.